The van der Waals surface area contributed by atoms with Gasteiger partial charge in [0, 0.05) is 42.1 Å². The van der Waals surface area contributed by atoms with Gasteiger partial charge in [-0.15, -0.1) is 0 Å². The summed E-state index contributed by atoms with van der Waals surface area (Å²) in [6, 6.07) is 1.42. The van der Waals surface area contributed by atoms with Crippen LogP contribution in [0.4, 0.5) is 11.5 Å². The van der Waals surface area contributed by atoms with Gasteiger partial charge >= 0.3 is 5.69 Å². The molecule has 2 aromatic heterocycles. The standard InChI is InChI=1S/C10H10BrN5O2/c11-7-5-8(16(17)18)10(15-6-7)14-2-1-9-12-3-4-13-9/h3-6H,1-2H2,(H,12,13)(H,14,15). The molecule has 2 heterocycles. The summed E-state index contributed by atoms with van der Waals surface area (Å²) in [7, 11) is 0. The molecule has 0 radical (unpaired) electrons. The van der Waals surface area contributed by atoms with Crippen LogP contribution >= 0.6 is 15.9 Å². The molecule has 0 spiro atoms. The molecule has 94 valence electrons. The molecule has 0 bridgehead atoms. The van der Waals surface area contributed by atoms with Gasteiger partial charge in [-0.1, -0.05) is 0 Å². The Hall–Kier alpha value is -1.96. The van der Waals surface area contributed by atoms with Crippen LogP contribution < -0.4 is 5.32 Å². The highest BCUT2D eigenvalue weighted by Crippen LogP contribution is 2.24. The van der Waals surface area contributed by atoms with Crippen LogP contribution in [0.5, 0.6) is 0 Å². The summed E-state index contributed by atoms with van der Waals surface area (Å²) in [5.41, 5.74) is -0.0520. The van der Waals surface area contributed by atoms with E-state index < -0.39 is 4.92 Å². The first-order valence-electron chi connectivity index (χ1n) is 5.19. The van der Waals surface area contributed by atoms with E-state index in [-0.39, 0.29) is 11.5 Å². The minimum Gasteiger partial charge on any atom is -0.364 e. The van der Waals surface area contributed by atoms with E-state index >= 15 is 0 Å². The summed E-state index contributed by atoms with van der Waals surface area (Å²) in [5, 5.41) is 13.8. The predicted octanol–water partition coefficient (Wildman–Crippen LogP) is 2.13. The Morgan fingerprint density at radius 1 is 1.50 bits per heavy atom. The van der Waals surface area contributed by atoms with Gasteiger partial charge in [0.15, 0.2) is 0 Å². The van der Waals surface area contributed by atoms with Crippen LogP contribution in [-0.2, 0) is 6.42 Å². The molecule has 0 unspecified atom stereocenters. The van der Waals surface area contributed by atoms with Gasteiger partial charge in [-0.3, -0.25) is 10.1 Å². The van der Waals surface area contributed by atoms with Gasteiger partial charge in [-0.2, -0.15) is 0 Å². The molecule has 7 nitrogen and oxygen atoms in total. The minimum absolute atomic E-state index is 0.0520. The van der Waals surface area contributed by atoms with Crippen LogP contribution in [0.15, 0.2) is 29.1 Å². The normalized spacial score (nSPS) is 10.3. The second-order valence-corrected chi connectivity index (χ2v) is 4.41. The van der Waals surface area contributed by atoms with Crippen molar-refractivity contribution in [1.82, 2.24) is 15.0 Å². The molecule has 0 aliphatic rings. The van der Waals surface area contributed by atoms with Crippen LogP contribution in [0.1, 0.15) is 5.82 Å². The fourth-order valence-electron chi connectivity index (χ4n) is 1.44. The van der Waals surface area contributed by atoms with Crippen LogP contribution in [0, 0.1) is 10.1 Å². The Kier molecular flexibility index (Phi) is 3.88. The van der Waals surface area contributed by atoms with Gasteiger partial charge in [-0.05, 0) is 15.9 Å². The largest absolute Gasteiger partial charge is 0.364 e. The molecule has 0 aliphatic carbocycles. The zero-order valence-corrected chi connectivity index (χ0v) is 10.8. The van der Waals surface area contributed by atoms with E-state index in [1.807, 2.05) is 0 Å². The Morgan fingerprint density at radius 3 is 3.00 bits per heavy atom. The van der Waals surface area contributed by atoms with Crippen LogP contribution in [0.2, 0.25) is 0 Å². The van der Waals surface area contributed by atoms with Crippen molar-refractivity contribution in [3.05, 3.63) is 45.1 Å². The topological polar surface area (TPSA) is 96.7 Å². The van der Waals surface area contributed by atoms with E-state index in [1.165, 1.54) is 12.3 Å². The number of H-pyrrole nitrogens is 1. The number of pyridine rings is 1. The van der Waals surface area contributed by atoms with E-state index in [0.717, 1.165) is 5.82 Å². The van der Waals surface area contributed by atoms with Gasteiger partial charge in [0.25, 0.3) is 0 Å². The molecule has 0 aromatic carbocycles. The number of anilines is 1. The zero-order valence-electron chi connectivity index (χ0n) is 9.26. The van der Waals surface area contributed by atoms with Crippen LogP contribution in [-0.4, -0.2) is 26.4 Å². The van der Waals surface area contributed by atoms with Crippen molar-refractivity contribution in [3.8, 4) is 0 Å². The third-order valence-corrected chi connectivity index (χ3v) is 2.67. The lowest BCUT2D eigenvalue weighted by atomic mass is 10.3. The highest BCUT2D eigenvalue weighted by Gasteiger charge is 2.15. The van der Waals surface area contributed by atoms with Crippen LogP contribution in [0.3, 0.4) is 0 Å². The maximum absolute atomic E-state index is 10.9. The number of nitrogens with one attached hydrogen (secondary N) is 2. The van der Waals surface area contributed by atoms with E-state index in [4.69, 9.17) is 0 Å². The highest BCUT2D eigenvalue weighted by atomic mass is 79.9. The first-order valence-corrected chi connectivity index (χ1v) is 5.98. The monoisotopic (exact) mass is 311 g/mol. The van der Waals surface area contributed by atoms with Crippen LogP contribution in [0.25, 0.3) is 0 Å². The first kappa shape index (κ1) is 12.5. The average molecular weight is 312 g/mol. The van der Waals surface area contributed by atoms with Crippen molar-refractivity contribution in [3.63, 3.8) is 0 Å². The summed E-state index contributed by atoms with van der Waals surface area (Å²) in [6.45, 7) is 0.517. The smallest absolute Gasteiger partial charge is 0.312 e. The molecule has 0 atom stereocenters. The third-order valence-electron chi connectivity index (χ3n) is 2.24. The summed E-state index contributed by atoms with van der Waals surface area (Å²) >= 11 is 3.15. The van der Waals surface area contributed by atoms with Crippen molar-refractivity contribution >= 4 is 27.4 Å². The SMILES string of the molecule is O=[N+]([O-])c1cc(Br)cnc1NCCc1ncc[nH]1. The number of rotatable bonds is 5. The lowest BCUT2D eigenvalue weighted by Gasteiger charge is -2.05. The fourth-order valence-corrected chi connectivity index (χ4v) is 1.76. The van der Waals surface area contributed by atoms with Crippen molar-refractivity contribution in [2.24, 2.45) is 0 Å². The summed E-state index contributed by atoms with van der Waals surface area (Å²) in [5.74, 6) is 1.08. The number of aromatic amines is 1. The molecular weight excluding hydrogens is 302 g/mol. The molecule has 0 amide bonds. The predicted molar refractivity (Wildman–Crippen MR) is 69.4 cm³/mol. The molecule has 0 fully saturated rings. The summed E-state index contributed by atoms with van der Waals surface area (Å²) in [4.78, 5) is 21.4. The molecule has 18 heavy (non-hydrogen) atoms. The Balaban J connectivity index is 2.02. The van der Waals surface area contributed by atoms with Crippen molar-refractivity contribution in [2.75, 3.05) is 11.9 Å². The molecule has 0 saturated heterocycles. The number of nitro groups is 1. The fraction of sp³-hybridized carbons (Fsp3) is 0.200. The quantitative estimate of drug-likeness (QED) is 0.651. The number of nitrogens with zero attached hydrogens (tertiary/aromatic N) is 3. The molecule has 2 aromatic rings. The molecule has 2 N–H and O–H groups in total. The molecule has 0 aliphatic heterocycles. The summed E-state index contributed by atoms with van der Waals surface area (Å²) in [6.07, 6.45) is 5.55. The van der Waals surface area contributed by atoms with Gasteiger partial charge in [-0.25, -0.2) is 9.97 Å². The molecule has 2 rings (SSSR count). The van der Waals surface area contributed by atoms with Gasteiger partial charge in [0.2, 0.25) is 5.82 Å². The van der Waals surface area contributed by atoms with E-state index in [0.29, 0.717) is 17.4 Å². The second kappa shape index (κ2) is 5.58. The number of hydrogen-bond acceptors (Lipinski definition) is 5. The van der Waals surface area contributed by atoms with E-state index in [9.17, 15) is 10.1 Å². The third kappa shape index (κ3) is 3.04. The number of imidazole rings is 1. The Bertz CT molecular complexity index is 543. The van der Waals surface area contributed by atoms with E-state index in [2.05, 4.69) is 36.2 Å². The highest BCUT2D eigenvalue weighted by molar-refractivity contribution is 9.10. The number of aromatic nitrogens is 3. The lowest BCUT2D eigenvalue weighted by molar-refractivity contribution is -0.384. The maximum atomic E-state index is 10.9. The van der Waals surface area contributed by atoms with Gasteiger partial charge < -0.3 is 10.3 Å². The number of halogens is 1. The molecule has 8 heteroatoms. The van der Waals surface area contributed by atoms with Gasteiger partial charge in [0.05, 0.1) is 4.92 Å². The van der Waals surface area contributed by atoms with Gasteiger partial charge in [0.1, 0.15) is 5.82 Å². The average Bonchev–Trinajstić information content (AvgIpc) is 2.84. The van der Waals surface area contributed by atoms with Crippen molar-refractivity contribution in [2.45, 2.75) is 6.42 Å². The Morgan fingerprint density at radius 2 is 2.33 bits per heavy atom. The van der Waals surface area contributed by atoms with E-state index in [1.54, 1.807) is 12.4 Å². The zero-order chi connectivity index (χ0) is 13.0. The molecular formula is C10H10BrN5O2. The second-order valence-electron chi connectivity index (χ2n) is 3.49. The lowest BCUT2D eigenvalue weighted by Crippen LogP contribution is -2.09. The minimum atomic E-state index is -0.465. The summed E-state index contributed by atoms with van der Waals surface area (Å²) < 4.78 is 0.575. The van der Waals surface area contributed by atoms with Crippen molar-refractivity contribution in [1.29, 1.82) is 0 Å². The van der Waals surface area contributed by atoms with Crippen molar-refractivity contribution < 1.29 is 4.92 Å². The first-order chi connectivity index (χ1) is 8.66. The maximum Gasteiger partial charge on any atom is 0.312 e. The Labute approximate surface area is 111 Å². The molecule has 0 saturated carbocycles. The number of hydrogen-bond donors (Lipinski definition) is 2.